The van der Waals surface area contributed by atoms with Gasteiger partial charge in [0.05, 0.1) is 4.90 Å². The Morgan fingerprint density at radius 1 is 1.14 bits per heavy atom. The van der Waals surface area contributed by atoms with Gasteiger partial charge in [0.15, 0.2) is 0 Å². The van der Waals surface area contributed by atoms with Crippen LogP contribution in [-0.2, 0) is 10.0 Å². The lowest BCUT2D eigenvalue weighted by atomic mass is 10.2. The van der Waals surface area contributed by atoms with Gasteiger partial charge in [-0.15, -0.1) is 0 Å². The van der Waals surface area contributed by atoms with Crippen LogP contribution in [0.4, 0.5) is 5.69 Å². The number of halogens is 1. The number of pyridine rings is 1. The Morgan fingerprint density at radius 2 is 1.95 bits per heavy atom. The number of fused-ring (bicyclic) bond motifs is 1. The van der Waals surface area contributed by atoms with E-state index < -0.39 is 10.0 Å². The van der Waals surface area contributed by atoms with E-state index in [9.17, 15) is 8.42 Å². The largest absolute Gasteiger partial charge is 0.280 e. The molecule has 1 heterocycles. The SMILES string of the molecule is Cc1cc(NS(=O)(=O)c2cccc3cnccc23)ccc1Br. The first-order valence-electron chi connectivity index (χ1n) is 6.59. The minimum absolute atomic E-state index is 0.243. The van der Waals surface area contributed by atoms with Crippen LogP contribution in [0.2, 0.25) is 0 Å². The highest BCUT2D eigenvalue weighted by atomic mass is 79.9. The molecule has 0 fully saturated rings. The monoisotopic (exact) mass is 376 g/mol. The lowest BCUT2D eigenvalue weighted by molar-refractivity contribution is 0.602. The Labute approximate surface area is 137 Å². The summed E-state index contributed by atoms with van der Waals surface area (Å²) >= 11 is 3.40. The molecule has 0 aliphatic heterocycles. The van der Waals surface area contributed by atoms with Crippen LogP contribution in [0.5, 0.6) is 0 Å². The van der Waals surface area contributed by atoms with Gasteiger partial charge < -0.3 is 0 Å². The highest BCUT2D eigenvalue weighted by Crippen LogP contribution is 2.26. The number of nitrogens with zero attached hydrogens (tertiary/aromatic N) is 1. The highest BCUT2D eigenvalue weighted by molar-refractivity contribution is 9.10. The van der Waals surface area contributed by atoms with Gasteiger partial charge in [-0.05, 0) is 42.8 Å². The van der Waals surface area contributed by atoms with Crippen molar-refractivity contribution in [3.8, 4) is 0 Å². The summed E-state index contributed by atoms with van der Waals surface area (Å²) in [5.74, 6) is 0. The Morgan fingerprint density at radius 3 is 2.73 bits per heavy atom. The predicted octanol–water partition coefficient (Wildman–Crippen LogP) is 4.11. The third-order valence-electron chi connectivity index (χ3n) is 3.34. The number of sulfonamides is 1. The summed E-state index contributed by atoms with van der Waals surface area (Å²) in [5.41, 5.74) is 1.49. The van der Waals surface area contributed by atoms with E-state index in [0.29, 0.717) is 11.1 Å². The molecule has 0 amide bonds. The second-order valence-electron chi connectivity index (χ2n) is 4.92. The fourth-order valence-electron chi connectivity index (χ4n) is 2.25. The summed E-state index contributed by atoms with van der Waals surface area (Å²) in [5, 5.41) is 1.44. The number of aromatic nitrogens is 1. The fraction of sp³-hybridized carbons (Fsp3) is 0.0625. The third kappa shape index (κ3) is 2.84. The van der Waals surface area contributed by atoms with Gasteiger partial charge in [0.1, 0.15) is 0 Å². The molecule has 2 aromatic carbocycles. The topological polar surface area (TPSA) is 59.1 Å². The summed E-state index contributed by atoms with van der Waals surface area (Å²) < 4.78 is 28.9. The maximum atomic E-state index is 12.7. The van der Waals surface area contributed by atoms with Crippen molar-refractivity contribution in [2.24, 2.45) is 0 Å². The summed E-state index contributed by atoms with van der Waals surface area (Å²) in [7, 11) is -3.66. The zero-order valence-corrected chi connectivity index (χ0v) is 14.1. The van der Waals surface area contributed by atoms with Crippen molar-refractivity contribution in [3.05, 3.63) is 64.9 Å². The van der Waals surface area contributed by atoms with E-state index in [1.807, 2.05) is 19.1 Å². The molecule has 0 spiro atoms. The van der Waals surface area contributed by atoms with E-state index in [1.165, 1.54) is 0 Å². The van der Waals surface area contributed by atoms with Gasteiger partial charge in [0, 0.05) is 33.3 Å². The van der Waals surface area contributed by atoms with Crippen molar-refractivity contribution in [1.82, 2.24) is 4.98 Å². The lowest BCUT2D eigenvalue weighted by Crippen LogP contribution is -2.13. The van der Waals surface area contributed by atoms with E-state index in [4.69, 9.17) is 0 Å². The van der Waals surface area contributed by atoms with Crippen LogP contribution in [0.1, 0.15) is 5.56 Å². The van der Waals surface area contributed by atoms with Crippen LogP contribution in [0.25, 0.3) is 10.8 Å². The molecule has 0 unspecified atom stereocenters. The first-order chi connectivity index (χ1) is 10.5. The lowest BCUT2D eigenvalue weighted by Gasteiger charge is -2.11. The van der Waals surface area contributed by atoms with Crippen LogP contribution in [0, 0.1) is 6.92 Å². The molecule has 0 aliphatic rings. The molecule has 4 nitrogen and oxygen atoms in total. The van der Waals surface area contributed by atoms with Gasteiger partial charge in [0.2, 0.25) is 0 Å². The van der Waals surface area contributed by atoms with Crippen LogP contribution in [-0.4, -0.2) is 13.4 Å². The van der Waals surface area contributed by atoms with Gasteiger partial charge in [0.25, 0.3) is 10.0 Å². The zero-order valence-electron chi connectivity index (χ0n) is 11.7. The Hall–Kier alpha value is -1.92. The maximum absolute atomic E-state index is 12.7. The zero-order chi connectivity index (χ0) is 15.7. The minimum atomic E-state index is -3.66. The number of benzene rings is 2. The van der Waals surface area contributed by atoms with Gasteiger partial charge in [-0.2, -0.15) is 0 Å². The maximum Gasteiger partial charge on any atom is 0.262 e. The van der Waals surface area contributed by atoms with E-state index in [0.717, 1.165) is 15.4 Å². The molecule has 0 bridgehead atoms. The molecule has 1 aromatic heterocycles. The number of hydrogen-bond donors (Lipinski definition) is 1. The van der Waals surface area contributed by atoms with Crippen molar-refractivity contribution in [3.63, 3.8) is 0 Å². The number of rotatable bonds is 3. The second kappa shape index (κ2) is 5.70. The van der Waals surface area contributed by atoms with Gasteiger partial charge in [-0.1, -0.05) is 28.1 Å². The van der Waals surface area contributed by atoms with Gasteiger partial charge in [-0.25, -0.2) is 8.42 Å². The number of aryl methyl sites for hydroxylation is 1. The van der Waals surface area contributed by atoms with Gasteiger partial charge in [-0.3, -0.25) is 9.71 Å². The number of nitrogens with one attached hydrogen (secondary N) is 1. The molecule has 0 saturated heterocycles. The molecule has 0 aliphatic carbocycles. The molecule has 0 radical (unpaired) electrons. The average Bonchev–Trinajstić information content (AvgIpc) is 2.50. The van der Waals surface area contributed by atoms with Crippen LogP contribution < -0.4 is 4.72 Å². The molecule has 3 rings (SSSR count). The molecular formula is C16H13BrN2O2S. The van der Waals surface area contributed by atoms with Crippen LogP contribution in [0.3, 0.4) is 0 Å². The normalized spacial score (nSPS) is 11.5. The third-order valence-corrected chi connectivity index (χ3v) is 5.67. The second-order valence-corrected chi connectivity index (χ2v) is 7.43. The van der Waals surface area contributed by atoms with Crippen LogP contribution >= 0.6 is 15.9 Å². The van der Waals surface area contributed by atoms with E-state index in [-0.39, 0.29) is 4.90 Å². The molecular weight excluding hydrogens is 364 g/mol. The molecule has 3 aromatic rings. The van der Waals surface area contributed by atoms with E-state index in [2.05, 4.69) is 25.6 Å². The Balaban J connectivity index is 2.07. The number of hydrogen-bond acceptors (Lipinski definition) is 3. The van der Waals surface area contributed by atoms with Crippen molar-refractivity contribution >= 4 is 42.4 Å². The Bertz CT molecular complexity index is 950. The molecule has 22 heavy (non-hydrogen) atoms. The smallest absolute Gasteiger partial charge is 0.262 e. The van der Waals surface area contributed by atoms with Crippen molar-refractivity contribution < 1.29 is 8.42 Å². The quantitative estimate of drug-likeness (QED) is 0.748. The minimum Gasteiger partial charge on any atom is -0.280 e. The van der Waals surface area contributed by atoms with Crippen LogP contribution in [0.15, 0.2) is 64.2 Å². The average molecular weight is 377 g/mol. The molecule has 0 saturated carbocycles. The Kier molecular flexibility index (Phi) is 3.88. The van der Waals surface area contributed by atoms with Crippen molar-refractivity contribution in [2.45, 2.75) is 11.8 Å². The summed E-state index contributed by atoms with van der Waals surface area (Å²) in [6, 6.07) is 12.2. The standard InChI is InChI=1S/C16H13BrN2O2S/c1-11-9-13(5-6-15(11)17)19-22(20,21)16-4-2-3-12-10-18-8-7-14(12)16/h2-10,19H,1H3. The van der Waals surface area contributed by atoms with Crippen molar-refractivity contribution in [1.29, 1.82) is 0 Å². The van der Waals surface area contributed by atoms with E-state index >= 15 is 0 Å². The fourth-order valence-corrected chi connectivity index (χ4v) is 3.77. The predicted molar refractivity (Wildman–Crippen MR) is 91.4 cm³/mol. The molecule has 0 atom stereocenters. The molecule has 112 valence electrons. The molecule has 6 heteroatoms. The first-order valence-corrected chi connectivity index (χ1v) is 8.87. The summed E-state index contributed by atoms with van der Waals surface area (Å²) in [6.45, 7) is 1.91. The van der Waals surface area contributed by atoms with Crippen molar-refractivity contribution in [2.75, 3.05) is 4.72 Å². The number of anilines is 1. The first kappa shape index (κ1) is 15.0. The summed E-state index contributed by atoms with van der Waals surface area (Å²) in [6.07, 6.45) is 3.24. The highest BCUT2D eigenvalue weighted by Gasteiger charge is 2.17. The molecule has 1 N–H and O–H groups in total. The summed E-state index contributed by atoms with van der Waals surface area (Å²) in [4.78, 5) is 4.26. The van der Waals surface area contributed by atoms with Gasteiger partial charge >= 0.3 is 0 Å². The van der Waals surface area contributed by atoms with E-state index in [1.54, 1.807) is 42.7 Å².